The third-order valence-corrected chi connectivity index (χ3v) is 7.56. The van der Waals surface area contributed by atoms with Crippen molar-refractivity contribution in [3.8, 4) is 11.5 Å². The van der Waals surface area contributed by atoms with Gasteiger partial charge < -0.3 is 29.5 Å². The molecule has 0 aliphatic heterocycles. The van der Waals surface area contributed by atoms with E-state index < -0.39 is 23.0 Å². The lowest BCUT2D eigenvalue weighted by atomic mass is 9.77. The van der Waals surface area contributed by atoms with Crippen LogP contribution in [0, 0.1) is 0 Å². The standard InChI is InChI=1S/C29H37ClN2O6/c1-3-37-23-17-22(18-24(38-4-2)25(23)21-11-12-21)26(30)32(15-16-36-19-20-9-6-5-7-10-20)28(35)31-29(27(33)34)13-8-14-29/h5-7,9-10,17-18,21,26H,3-4,8,11-16,19H2,1-2H3,(H,31,35)(H,33,34). The molecule has 0 radical (unpaired) electrons. The highest BCUT2D eigenvalue weighted by Gasteiger charge is 2.47. The summed E-state index contributed by atoms with van der Waals surface area (Å²) in [4.78, 5) is 26.8. The fourth-order valence-corrected chi connectivity index (χ4v) is 5.02. The van der Waals surface area contributed by atoms with E-state index >= 15 is 0 Å². The molecule has 2 saturated carbocycles. The number of ether oxygens (including phenoxy) is 3. The topological polar surface area (TPSA) is 97.3 Å². The summed E-state index contributed by atoms with van der Waals surface area (Å²) in [6.45, 7) is 5.61. The molecule has 1 unspecified atom stereocenters. The second-order valence-corrected chi connectivity index (χ2v) is 10.2. The first-order chi connectivity index (χ1) is 18.4. The minimum atomic E-state index is -1.26. The Balaban J connectivity index is 1.57. The number of benzene rings is 2. The lowest BCUT2D eigenvalue weighted by molar-refractivity contribution is -0.148. The van der Waals surface area contributed by atoms with Crippen molar-refractivity contribution in [3.63, 3.8) is 0 Å². The van der Waals surface area contributed by atoms with E-state index in [1.807, 2.05) is 56.3 Å². The number of nitrogens with one attached hydrogen (secondary N) is 1. The van der Waals surface area contributed by atoms with E-state index in [9.17, 15) is 14.7 Å². The SMILES string of the molecule is CCOc1cc(C(Cl)N(CCOCc2ccccc2)C(=O)NC2(C(=O)O)CCC2)cc(OCC)c1C1CC1. The molecule has 2 aromatic rings. The summed E-state index contributed by atoms with van der Waals surface area (Å²) in [7, 11) is 0. The fraction of sp³-hybridized carbons (Fsp3) is 0.517. The Kier molecular flexibility index (Phi) is 9.39. The number of alkyl halides is 1. The van der Waals surface area contributed by atoms with Gasteiger partial charge in [0.1, 0.15) is 22.5 Å². The Morgan fingerprint density at radius 3 is 2.24 bits per heavy atom. The molecule has 0 spiro atoms. The summed E-state index contributed by atoms with van der Waals surface area (Å²) in [6.07, 6.45) is 3.68. The van der Waals surface area contributed by atoms with Crippen LogP contribution >= 0.6 is 11.6 Å². The van der Waals surface area contributed by atoms with Crippen LogP contribution in [0.5, 0.6) is 11.5 Å². The van der Waals surface area contributed by atoms with Crippen LogP contribution in [-0.2, 0) is 16.1 Å². The number of carbonyl (C=O) groups excluding carboxylic acids is 1. The number of carbonyl (C=O) groups is 2. The third-order valence-electron chi connectivity index (χ3n) is 7.07. The number of amides is 2. The maximum atomic E-state index is 13.5. The third kappa shape index (κ3) is 6.53. The van der Waals surface area contributed by atoms with Crippen LogP contribution < -0.4 is 14.8 Å². The number of nitrogens with zero attached hydrogens (tertiary/aromatic N) is 1. The molecular formula is C29H37ClN2O6. The minimum Gasteiger partial charge on any atom is -0.493 e. The smallest absolute Gasteiger partial charge is 0.329 e. The van der Waals surface area contributed by atoms with E-state index in [0.717, 1.165) is 30.4 Å². The van der Waals surface area contributed by atoms with Crippen molar-refractivity contribution in [2.45, 2.75) is 69.5 Å². The summed E-state index contributed by atoms with van der Waals surface area (Å²) in [6, 6.07) is 13.0. The molecule has 2 N–H and O–H groups in total. The molecule has 2 aliphatic carbocycles. The molecule has 0 saturated heterocycles. The average molecular weight is 545 g/mol. The normalized spacial score (nSPS) is 16.7. The molecule has 2 fully saturated rings. The highest BCUT2D eigenvalue weighted by Crippen LogP contribution is 2.50. The molecule has 0 aromatic heterocycles. The molecule has 8 nitrogen and oxygen atoms in total. The van der Waals surface area contributed by atoms with Gasteiger partial charge >= 0.3 is 12.0 Å². The van der Waals surface area contributed by atoms with Crippen LogP contribution in [0.15, 0.2) is 42.5 Å². The molecule has 0 heterocycles. The predicted octanol–water partition coefficient (Wildman–Crippen LogP) is 5.83. The quantitative estimate of drug-likeness (QED) is 0.176. The monoisotopic (exact) mass is 544 g/mol. The number of hydrogen-bond donors (Lipinski definition) is 2. The Bertz CT molecular complexity index is 1080. The summed E-state index contributed by atoms with van der Waals surface area (Å²) in [5.41, 5.74) is 0.540. The van der Waals surface area contributed by atoms with Crippen molar-refractivity contribution in [1.82, 2.24) is 10.2 Å². The summed E-state index contributed by atoms with van der Waals surface area (Å²) < 4.78 is 17.8. The van der Waals surface area contributed by atoms with Crippen molar-refractivity contribution in [3.05, 3.63) is 59.2 Å². The summed E-state index contributed by atoms with van der Waals surface area (Å²) >= 11 is 6.98. The van der Waals surface area contributed by atoms with Crippen molar-refractivity contribution < 1.29 is 28.9 Å². The molecular weight excluding hydrogens is 508 g/mol. The lowest BCUT2D eigenvalue weighted by Gasteiger charge is -2.40. The number of halogens is 1. The second-order valence-electron chi connectivity index (χ2n) is 9.81. The Hall–Kier alpha value is -2.97. The number of urea groups is 1. The van der Waals surface area contributed by atoms with E-state index in [-0.39, 0.29) is 13.2 Å². The maximum absolute atomic E-state index is 13.5. The van der Waals surface area contributed by atoms with Gasteiger partial charge in [0.2, 0.25) is 0 Å². The Morgan fingerprint density at radius 1 is 1.11 bits per heavy atom. The van der Waals surface area contributed by atoms with Crippen molar-refractivity contribution in [2.24, 2.45) is 0 Å². The van der Waals surface area contributed by atoms with Crippen LogP contribution in [0.25, 0.3) is 0 Å². The first-order valence-electron chi connectivity index (χ1n) is 13.4. The van der Waals surface area contributed by atoms with Gasteiger partial charge in [-0.05, 0) is 75.1 Å². The van der Waals surface area contributed by atoms with Crippen LogP contribution in [-0.4, -0.2) is 53.9 Å². The van der Waals surface area contributed by atoms with Gasteiger partial charge in [-0.2, -0.15) is 0 Å². The average Bonchev–Trinajstić information content (AvgIpc) is 3.71. The fourth-order valence-electron chi connectivity index (χ4n) is 4.71. The molecule has 0 bridgehead atoms. The van der Waals surface area contributed by atoms with Gasteiger partial charge in [-0.1, -0.05) is 41.9 Å². The number of carboxylic acids is 1. The van der Waals surface area contributed by atoms with Crippen LogP contribution in [0.4, 0.5) is 4.79 Å². The van der Waals surface area contributed by atoms with E-state index in [1.165, 1.54) is 4.90 Å². The Morgan fingerprint density at radius 2 is 1.74 bits per heavy atom. The second kappa shape index (κ2) is 12.7. The highest BCUT2D eigenvalue weighted by atomic mass is 35.5. The zero-order valence-electron chi connectivity index (χ0n) is 22.1. The van der Waals surface area contributed by atoms with Gasteiger partial charge in [-0.3, -0.25) is 0 Å². The van der Waals surface area contributed by atoms with Crippen LogP contribution in [0.3, 0.4) is 0 Å². The zero-order valence-corrected chi connectivity index (χ0v) is 22.8. The predicted molar refractivity (Wildman–Crippen MR) is 145 cm³/mol. The molecule has 206 valence electrons. The van der Waals surface area contributed by atoms with Crippen molar-refractivity contribution in [2.75, 3.05) is 26.4 Å². The molecule has 2 amide bonds. The first-order valence-corrected chi connectivity index (χ1v) is 13.8. The van der Waals surface area contributed by atoms with Crippen LogP contribution in [0.1, 0.15) is 74.1 Å². The summed E-state index contributed by atoms with van der Waals surface area (Å²) in [5.74, 6) is 0.780. The first kappa shape index (κ1) is 28.0. The molecule has 2 aromatic carbocycles. The van der Waals surface area contributed by atoms with Crippen molar-refractivity contribution in [1.29, 1.82) is 0 Å². The number of carboxylic acid groups (broad SMARTS) is 1. The minimum absolute atomic E-state index is 0.168. The van der Waals surface area contributed by atoms with Gasteiger partial charge in [-0.15, -0.1) is 0 Å². The number of hydrogen-bond acceptors (Lipinski definition) is 5. The molecule has 2 aliphatic rings. The van der Waals surface area contributed by atoms with Gasteiger partial charge in [0.15, 0.2) is 0 Å². The number of rotatable bonds is 14. The van der Waals surface area contributed by atoms with Gasteiger partial charge in [0.25, 0.3) is 0 Å². The highest BCUT2D eigenvalue weighted by molar-refractivity contribution is 6.21. The maximum Gasteiger partial charge on any atom is 0.329 e. The molecule has 9 heteroatoms. The molecule has 38 heavy (non-hydrogen) atoms. The summed E-state index contributed by atoms with van der Waals surface area (Å²) in [5, 5.41) is 12.5. The zero-order chi connectivity index (χ0) is 27.1. The van der Waals surface area contributed by atoms with Gasteiger partial charge in [0, 0.05) is 12.1 Å². The number of aliphatic carboxylic acids is 1. The van der Waals surface area contributed by atoms with E-state index in [2.05, 4.69) is 5.32 Å². The lowest BCUT2D eigenvalue weighted by Crippen LogP contribution is -2.62. The van der Waals surface area contributed by atoms with Crippen LogP contribution in [0.2, 0.25) is 0 Å². The van der Waals surface area contributed by atoms with Gasteiger partial charge in [-0.25, -0.2) is 9.59 Å². The molecule has 4 rings (SSSR count). The van der Waals surface area contributed by atoms with Crippen molar-refractivity contribution >= 4 is 23.6 Å². The van der Waals surface area contributed by atoms with E-state index in [1.54, 1.807) is 0 Å². The van der Waals surface area contributed by atoms with Gasteiger partial charge in [0.05, 0.1) is 26.4 Å². The van der Waals surface area contributed by atoms with E-state index in [4.69, 9.17) is 25.8 Å². The Labute approximate surface area is 229 Å². The largest absolute Gasteiger partial charge is 0.493 e. The van der Waals surface area contributed by atoms with E-state index in [0.29, 0.717) is 55.6 Å². The molecule has 1 atom stereocenters.